The molecular weight excluding hydrogens is 216 g/mol. The monoisotopic (exact) mass is 238 g/mol. The van der Waals surface area contributed by atoms with Crippen LogP contribution in [-0.4, -0.2) is 31.5 Å². The van der Waals surface area contributed by atoms with Gasteiger partial charge >= 0.3 is 0 Å². The predicted molar refractivity (Wildman–Crippen MR) is 64.5 cm³/mol. The Balaban J connectivity index is 4.36. The van der Waals surface area contributed by atoms with Gasteiger partial charge in [0, 0.05) is 0 Å². The van der Waals surface area contributed by atoms with E-state index in [9.17, 15) is 5.11 Å². The minimum atomic E-state index is -1.77. The molecule has 0 aromatic rings. The van der Waals surface area contributed by atoms with Crippen LogP contribution in [0.1, 0.15) is 27.7 Å². The van der Waals surface area contributed by atoms with Gasteiger partial charge in [0.05, 0.1) is 18.1 Å². The summed E-state index contributed by atoms with van der Waals surface area (Å²) >= 11 is 5.58. The molecule has 0 aliphatic heterocycles. The molecule has 0 unspecified atom stereocenters. The summed E-state index contributed by atoms with van der Waals surface area (Å²) in [5.74, 6) is 0.232. The predicted octanol–water partition coefficient (Wildman–Crippen LogP) is 3.00. The average molecular weight is 239 g/mol. The third-order valence-electron chi connectivity index (χ3n) is 2.99. The molecule has 0 aromatic heterocycles. The van der Waals surface area contributed by atoms with Crippen LogP contribution in [0.25, 0.3) is 0 Å². The van der Waals surface area contributed by atoms with Gasteiger partial charge in [-0.15, -0.1) is 11.6 Å². The summed E-state index contributed by atoms with van der Waals surface area (Å²) in [6, 6.07) is 0. The largest absolute Gasteiger partial charge is 0.412 e. The van der Waals surface area contributed by atoms with Crippen LogP contribution in [0.5, 0.6) is 0 Å². The lowest BCUT2D eigenvalue weighted by atomic mass is 10.2. The third kappa shape index (κ3) is 3.89. The summed E-state index contributed by atoms with van der Waals surface area (Å²) in [6.45, 7) is 12.8. The van der Waals surface area contributed by atoms with Gasteiger partial charge in [-0.05, 0) is 25.1 Å². The Bertz CT molecular complexity index is 177. The van der Waals surface area contributed by atoms with Gasteiger partial charge in [0.1, 0.15) is 0 Å². The summed E-state index contributed by atoms with van der Waals surface area (Å²) in [5.41, 5.74) is 0. The summed E-state index contributed by atoms with van der Waals surface area (Å²) in [6.07, 6.45) is -0.737. The number of rotatable bonds is 4. The molecule has 2 nitrogen and oxygen atoms in total. The van der Waals surface area contributed by atoms with Gasteiger partial charge in [0.2, 0.25) is 0 Å². The van der Waals surface area contributed by atoms with E-state index < -0.39 is 14.4 Å². The average Bonchev–Trinajstić information content (AvgIpc) is 2.00. The Kier molecular flexibility index (Phi) is 5.12. The van der Waals surface area contributed by atoms with Crippen molar-refractivity contribution in [2.24, 2.45) is 0 Å². The zero-order valence-corrected chi connectivity index (χ0v) is 11.9. The van der Waals surface area contributed by atoms with E-state index in [1.807, 2.05) is 6.92 Å². The SMILES string of the molecule is C[C@H](O[Si](C)(C)C(C)(C)C)[C@@H](O)CCl. The van der Waals surface area contributed by atoms with Gasteiger partial charge in [-0.2, -0.15) is 0 Å². The number of hydrogen-bond acceptors (Lipinski definition) is 2. The minimum Gasteiger partial charge on any atom is -0.412 e. The van der Waals surface area contributed by atoms with E-state index in [4.69, 9.17) is 16.0 Å². The second-order valence-corrected chi connectivity index (χ2v) is 10.4. The molecule has 0 amide bonds. The highest BCUT2D eigenvalue weighted by Crippen LogP contribution is 2.37. The molecule has 0 saturated carbocycles. The maximum absolute atomic E-state index is 9.52. The van der Waals surface area contributed by atoms with Crippen molar-refractivity contribution in [2.45, 2.75) is 58.0 Å². The number of hydrogen-bond donors (Lipinski definition) is 1. The van der Waals surface area contributed by atoms with Gasteiger partial charge in [-0.1, -0.05) is 20.8 Å². The quantitative estimate of drug-likeness (QED) is 0.603. The molecule has 0 bridgehead atoms. The molecule has 0 radical (unpaired) electrons. The first kappa shape index (κ1) is 14.4. The highest BCUT2D eigenvalue weighted by atomic mass is 35.5. The maximum atomic E-state index is 9.52. The summed E-state index contributed by atoms with van der Waals surface area (Å²) in [4.78, 5) is 0. The molecule has 2 atom stereocenters. The van der Waals surface area contributed by atoms with E-state index in [2.05, 4.69) is 33.9 Å². The van der Waals surface area contributed by atoms with Crippen LogP contribution in [0, 0.1) is 0 Å². The van der Waals surface area contributed by atoms with Gasteiger partial charge in [-0.25, -0.2) is 0 Å². The fourth-order valence-electron chi connectivity index (χ4n) is 0.846. The fourth-order valence-corrected chi connectivity index (χ4v) is 2.54. The second kappa shape index (κ2) is 4.97. The topological polar surface area (TPSA) is 29.5 Å². The Labute approximate surface area is 93.7 Å². The molecule has 0 aliphatic rings. The molecule has 4 heteroatoms. The number of aliphatic hydroxyl groups is 1. The molecule has 0 spiro atoms. The lowest BCUT2D eigenvalue weighted by molar-refractivity contribution is 0.0534. The van der Waals surface area contributed by atoms with Crippen molar-refractivity contribution in [3.8, 4) is 0 Å². The van der Waals surface area contributed by atoms with Gasteiger partial charge in [0.15, 0.2) is 8.32 Å². The lowest BCUT2D eigenvalue weighted by Crippen LogP contribution is -2.46. The van der Waals surface area contributed by atoms with Crippen LogP contribution in [0.3, 0.4) is 0 Å². The highest BCUT2D eigenvalue weighted by Gasteiger charge is 2.39. The van der Waals surface area contributed by atoms with Crippen molar-refractivity contribution in [2.75, 3.05) is 5.88 Å². The molecule has 86 valence electrons. The van der Waals surface area contributed by atoms with Crippen molar-refractivity contribution in [3.63, 3.8) is 0 Å². The van der Waals surface area contributed by atoms with Crippen LogP contribution in [-0.2, 0) is 4.43 Å². The molecule has 14 heavy (non-hydrogen) atoms. The fraction of sp³-hybridized carbons (Fsp3) is 1.00. The Morgan fingerprint density at radius 3 is 2.07 bits per heavy atom. The van der Waals surface area contributed by atoms with Gasteiger partial charge < -0.3 is 9.53 Å². The summed E-state index contributed by atoms with van der Waals surface area (Å²) in [7, 11) is -1.77. The van der Waals surface area contributed by atoms with E-state index >= 15 is 0 Å². The van der Waals surface area contributed by atoms with Crippen molar-refractivity contribution in [1.29, 1.82) is 0 Å². The summed E-state index contributed by atoms with van der Waals surface area (Å²) in [5, 5.41) is 9.69. The van der Waals surface area contributed by atoms with Crippen LogP contribution < -0.4 is 0 Å². The van der Waals surface area contributed by atoms with Gasteiger partial charge in [-0.3, -0.25) is 0 Å². The van der Waals surface area contributed by atoms with Crippen molar-refractivity contribution in [3.05, 3.63) is 0 Å². The van der Waals surface area contributed by atoms with E-state index in [0.717, 1.165) is 0 Å². The van der Waals surface area contributed by atoms with Gasteiger partial charge in [0.25, 0.3) is 0 Å². The molecule has 0 aromatic carbocycles. The number of alkyl halides is 1. The standard InChI is InChI=1S/C10H23ClO2Si/c1-8(9(12)7-11)13-14(5,6)10(2,3)4/h8-9,12H,7H2,1-6H3/t8-,9-/m0/s1. The molecule has 0 fully saturated rings. The van der Waals surface area contributed by atoms with E-state index in [1.165, 1.54) is 0 Å². The Morgan fingerprint density at radius 1 is 1.36 bits per heavy atom. The van der Waals surface area contributed by atoms with E-state index in [-0.39, 0.29) is 17.0 Å². The zero-order chi connectivity index (χ0) is 11.6. The van der Waals surface area contributed by atoms with Crippen LogP contribution >= 0.6 is 11.6 Å². The van der Waals surface area contributed by atoms with Crippen molar-refractivity contribution in [1.82, 2.24) is 0 Å². The lowest BCUT2D eigenvalue weighted by Gasteiger charge is -2.39. The van der Waals surface area contributed by atoms with Crippen molar-refractivity contribution < 1.29 is 9.53 Å². The maximum Gasteiger partial charge on any atom is 0.192 e. The van der Waals surface area contributed by atoms with E-state index in [1.54, 1.807) is 0 Å². The number of aliphatic hydroxyl groups excluding tert-OH is 1. The Morgan fingerprint density at radius 2 is 1.79 bits per heavy atom. The van der Waals surface area contributed by atoms with E-state index in [0.29, 0.717) is 0 Å². The first-order chi connectivity index (χ1) is 6.12. The summed E-state index contributed by atoms with van der Waals surface area (Å²) < 4.78 is 5.96. The first-order valence-corrected chi connectivity index (χ1v) is 8.48. The molecular formula is C10H23ClO2Si. The molecule has 0 aliphatic carbocycles. The van der Waals surface area contributed by atoms with Crippen molar-refractivity contribution >= 4 is 19.9 Å². The van der Waals surface area contributed by atoms with Crippen LogP contribution in [0.2, 0.25) is 18.1 Å². The minimum absolute atomic E-state index is 0.173. The zero-order valence-electron chi connectivity index (χ0n) is 10.1. The molecule has 0 saturated heterocycles. The highest BCUT2D eigenvalue weighted by molar-refractivity contribution is 6.74. The smallest absolute Gasteiger partial charge is 0.192 e. The molecule has 1 N–H and O–H groups in total. The third-order valence-corrected chi connectivity index (χ3v) is 7.88. The van der Waals surface area contributed by atoms with Crippen LogP contribution in [0.4, 0.5) is 0 Å². The Hall–Kier alpha value is 0.427. The number of halogens is 1. The second-order valence-electron chi connectivity index (χ2n) is 5.30. The molecule has 0 rings (SSSR count). The molecule has 0 heterocycles. The first-order valence-electron chi connectivity index (χ1n) is 5.03. The van der Waals surface area contributed by atoms with Crippen LogP contribution in [0.15, 0.2) is 0 Å². The normalized spacial score (nSPS) is 18.0.